The van der Waals surface area contributed by atoms with E-state index in [0.717, 1.165) is 4.31 Å². The number of likely N-dealkylation sites (N-methyl/N-ethyl adjacent to an activating group) is 1. The average Bonchev–Trinajstić information content (AvgIpc) is 2.87. The van der Waals surface area contributed by atoms with Crippen LogP contribution in [0.4, 0.5) is 5.69 Å². The van der Waals surface area contributed by atoms with Crippen molar-refractivity contribution >= 4 is 50.7 Å². The number of sulfonamides is 1. The first-order valence-corrected chi connectivity index (χ1v) is 12.9. The zero-order valence-corrected chi connectivity index (χ0v) is 21.5. The Kier molecular flexibility index (Phi) is 8.77. The Morgan fingerprint density at radius 2 is 1.43 bits per heavy atom. The normalized spacial score (nSPS) is 12.0. The van der Waals surface area contributed by atoms with E-state index in [0.29, 0.717) is 21.3 Å². The maximum atomic E-state index is 13.6. The van der Waals surface area contributed by atoms with Crippen LogP contribution >= 0.6 is 23.2 Å². The number of anilines is 1. The maximum absolute atomic E-state index is 13.6. The van der Waals surface area contributed by atoms with E-state index in [1.165, 1.54) is 24.1 Å². The van der Waals surface area contributed by atoms with E-state index in [4.69, 9.17) is 23.2 Å². The van der Waals surface area contributed by atoms with Crippen molar-refractivity contribution in [3.8, 4) is 0 Å². The molecule has 7 nitrogen and oxygen atoms in total. The summed E-state index contributed by atoms with van der Waals surface area (Å²) in [5.41, 5.74) is 0.769. The van der Waals surface area contributed by atoms with E-state index in [9.17, 15) is 18.0 Å². The van der Waals surface area contributed by atoms with E-state index < -0.39 is 34.4 Å². The van der Waals surface area contributed by atoms with Crippen LogP contribution in [0, 0.1) is 0 Å². The van der Waals surface area contributed by atoms with Gasteiger partial charge in [0.25, 0.3) is 10.0 Å². The first-order chi connectivity index (χ1) is 16.7. The molecule has 0 aliphatic heterocycles. The topological polar surface area (TPSA) is 86.8 Å². The SMILES string of the molecule is CNC(=O)[C@H](C)N(Cc1c(Cl)cccc1Cl)C(=O)CN(c1ccccc1)S(=O)(=O)c1ccccc1. The lowest BCUT2D eigenvalue weighted by atomic mass is 10.1. The van der Waals surface area contributed by atoms with Crippen molar-refractivity contribution in [2.24, 2.45) is 0 Å². The van der Waals surface area contributed by atoms with Gasteiger partial charge in [-0.3, -0.25) is 13.9 Å². The lowest BCUT2D eigenvalue weighted by Gasteiger charge is -2.32. The van der Waals surface area contributed by atoms with Crippen LogP contribution in [0.3, 0.4) is 0 Å². The molecule has 0 fully saturated rings. The summed E-state index contributed by atoms with van der Waals surface area (Å²) in [5.74, 6) is -1.01. The van der Waals surface area contributed by atoms with Gasteiger partial charge in [-0.05, 0) is 43.3 Å². The average molecular weight is 534 g/mol. The molecule has 0 aliphatic carbocycles. The second-order valence-corrected chi connectivity index (χ2v) is 10.3. The van der Waals surface area contributed by atoms with Crippen LogP contribution in [0.1, 0.15) is 12.5 Å². The minimum absolute atomic E-state index is 0.0386. The Labute approximate surface area is 215 Å². The van der Waals surface area contributed by atoms with Crippen molar-refractivity contribution < 1.29 is 18.0 Å². The van der Waals surface area contributed by atoms with Gasteiger partial charge in [-0.15, -0.1) is 0 Å². The fourth-order valence-electron chi connectivity index (χ4n) is 3.49. The number of hydrogen-bond donors (Lipinski definition) is 1. The minimum Gasteiger partial charge on any atom is -0.357 e. The molecule has 0 radical (unpaired) electrons. The van der Waals surface area contributed by atoms with Crippen LogP contribution in [-0.4, -0.2) is 44.8 Å². The van der Waals surface area contributed by atoms with Crippen LogP contribution in [0.25, 0.3) is 0 Å². The number of hydrogen-bond acceptors (Lipinski definition) is 4. The van der Waals surface area contributed by atoms with E-state index in [2.05, 4.69) is 5.32 Å². The molecule has 3 aromatic rings. The smallest absolute Gasteiger partial charge is 0.264 e. The molecule has 0 saturated heterocycles. The van der Waals surface area contributed by atoms with Gasteiger partial charge in [0.1, 0.15) is 12.6 Å². The number of carbonyl (C=O) groups excluding carboxylic acids is 2. The Morgan fingerprint density at radius 1 is 0.886 bits per heavy atom. The molecule has 1 N–H and O–H groups in total. The summed E-state index contributed by atoms with van der Waals surface area (Å²) in [6, 6.07) is 20.2. The molecule has 184 valence electrons. The molecular formula is C25H25Cl2N3O4S. The molecule has 0 bridgehead atoms. The van der Waals surface area contributed by atoms with E-state index in [-0.39, 0.29) is 11.4 Å². The number of para-hydroxylation sites is 1. The van der Waals surface area contributed by atoms with E-state index >= 15 is 0 Å². The van der Waals surface area contributed by atoms with Crippen LogP contribution in [0.15, 0.2) is 83.8 Å². The summed E-state index contributed by atoms with van der Waals surface area (Å²) >= 11 is 12.6. The molecule has 10 heteroatoms. The second kappa shape index (κ2) is 11.6. The second-order valence-electron chi connectivity index (χ2n) is 7.67. The van der Waals surface area contributed by atoms with E-state index in [1.54, 1.807) is 73.7 Å². The Morgan fingerprint density at radius 3 is 1.97 bits per heavy atom. The van der Waals surface area contributed by atoms with Gasteiger partial charge in [-0.25, -0.2) is 8.42 Å². The molecule has 0 aromatic heterocycles. The van der Waals surface area contributed by atoms with Gasteiger partial charge >= 0.3 is 0 Å². The lowest BCUT2D eigenvalue weighted by molar-refractivity contribution is -0.139. The molecular weight excluding hydrogens is 509 g/mol. The largest absolute Gasteiger partial charge is 0.357 e. The highest BCUT2D eigenvalue weighted by molar-refractivity contribution is 7.92. The molecule has 0 saturated carbocycles. The summed E-state index contributed by atoms with van der Waals surface area (Å²) in [6.07, 6.45) is 0. The fourth-order valence-corrected chi connectivity index (χ4v) is 5.44. The summed E-state index contributed by atoms with van der Waals surface area (Å²) in [7, 11) is -2.63. The maximum Gasteiger partial charge on any atom is 0.264 e. The molecule has 3 aromatic carbocycles. The zero-order valence-electron chi connectivity index (χ0n) is 19.2. The van der Waals surface area contributed by atoms with Gasteiger partial charge in [0.2, 0.25) is 11.8 Å². The first kappa shape index (κ1) is 26.5. The van der Waals surface area contributed by atoms with Crippen LogP contribution in [-0.2, 0) is 26.2 Å². The highest BCUT2D eigenvalue weighted by Crippen LogP contribution is 2.28. The van der Waals surface area contributed by atoms with Gasteiger partial charge in [0, 0.05) is 29.2 Å². The van der Waals surface area contributed by atoms with Crippen LogP contribution in [0.5, 0.6) is 0 Å². The number of nitrogens with one attached hydrogen (secondary N) is 1. The van der Waals surface area contributed by atoms with Gasteiger partial charge in [-0.2, -0.15) is 0 Å². The highest BCUT2D eigenvalue weighted by atomic mass is 35.5. The molecule has 35 heavy (non-hydrogen) atoms. The number of benzene rings is 3. The van der Waals surface area contributed by atoms with E-state index in [1.807, 2.05) is 0 Å². The minimum atomic E-state index is -4.09. The molecule has 3 rings (SSSR count). The van der Waals surface area contributed by atoms with Crippen molar-refractivity contribution in [3.63, 3.8) is 0 Å². The van der Waals surface area contributed by atoms with Crippen molar-refractivity contribution in [2.75, 3.05) is 17.9 Å². The molecule has 0 aliphatic rings. The molecule has 0 unspecified atom stereocenters. The number of halogens is 2. The number of amides is 2. The first-order valence-electron chi connectivity index (χ1n) is 10.7. The van der Waals surface area contributed by atoms with Gasteiger partial charge < -0.3 is 10.2 Å². The van der Waals surface area contributed by atoms with Crippen LogP contribution in [0.2, 0.25) is 10.0 Å². The van der Waals surface area contributed by atoms with Crippen molar-refractivity contribution in [1.29, 1.82) is 0 Å². The Hall–Kier alpha value is -3.07. The number of carbonyl (C=O) groups is 2. The monoisotopic (exact) mass is 533 g/mol. The standard InChI is InChI=1S/C25H25Cl2N3O4S/c1-18(25(32)28-2)29(16-21-22(26)14-9-15-23(21)27)24(31)17-30(19-10-5-3-6-11-19)35(33,34)20-12-7-4-8-13-20/h3-15,18H,16-17H2,1-2H3,(H,28,32)/t18-/m0/s1. The quantitative estimate of drug-likeness (QED) is 0.442. The number of rotatable bonds is 9. The molecule has 2 amide bonds. The van der Waals surface area contributed by atoms with Gasteiger partial charge in [0.05, 0.1) is 10.6 Å². The fraction of sp³-hybridized carbons (Fsp3) is 0.200. The molecule has 0 heterocycles. The predicted octanol–water partition coefficient (Wildman–Crippen LogP) is 4.35. The Balaban J connectivity index is 2.03. The summed E-state index contributed by atoms with van der Waals surface area (Å²) in [4.78, 5) is 27.4. The molecule has 0 spiro atoms. The third-order valence-electron chi connectivity index (χ3n) is 5.46. The van der Waals surface area contributed by atoms with Gasteiger partial charge in [0.15, 0.2) is 0 Å². The molecule has 1 atom stereocenters. The van der Waals surface area contributed by atoms with Crippen molar-refractivity contribution in [2.45, 2.75) is 24.4 Å². The van der Waals surface area contributed by atoms with Crippen LogP contribution < -0.4 is 9.62 Å². The van der Waals surface area contributed by atoms with Gasteiger partial charge in [-0.1, -0.05) is 65.7 Å². The Bertz CT molecular complexity index is 1270. The summed E-state index contributed by atoms with van der Waals surface area (Å²) in [5, 5.41) is 3.19. The third-order valence-corrected chi connectivity index (χ3v) is 7.95. The predicted molar refractivity (Wildman–Crippen MR) is 138 cm³/mol. The summed E-state index contributed by atoms with van der Waals surface area (Å²) in [6.45, 7) is 0.935. The third kappa shape index (κ3) is 6.14. The van der Waals surface area contributed by atoms with Crippen molar-refractivity contribution in [1.82, 2.24) is 10.2 Å². The lowest BCUT2D eigenvalue weighted by Crippen LogP contribution is -2.50. The van der Waals surface area contributed by atoms with Crippen molar-refractivity contribution in [3.05, 3.63) is 94.5 Å². The number of nitrogens with zero attached hydrogens (tertiary/aromatic N) is 2. The highest BCUT2D eigenvalue weighted by Gasteiger charge is 2.32. The zero-order chi connectivity index (χ0) is 25.6. The summed E-state index contributed by atoms with van der Waals surface area (Å²) < 4.78 is 28.1.